The number of amides is 1. The van der Waals surface area contributed by atoms with E-state index in [0.717, 1.165) is 0 Å². The fraction of sp³-hybridized carbons (Fsp3) is 0.364. The van der Waals surface area contributed by atoms with Crippen molar-refractivity contribution in [1.29, 1.82) is 0 Å². The molecule has 1 aliphatic rings. The number of fused-ring (bicyclic) bond motifs is 1. The first-order valence-corrected chi connectivity index (χ1v) is 6.48. The predicted molar refractivity (Wildman–Crippen MR) is 75.2 cm³/mol. The molecular weight excluding hydrogens is 280 g/mol. The van der Waals surface area contributed by atoms with Gasteiger partial charge in [0.05, 0.1) is 18.5 Å². The molecule has 1 fully saturated rings. The lowest BCUT2D eigenvalue weighted by Crippen LogP contribution is -2.26. The molecule has 1 saturated heterocycles. The minimum Gasteiger partial charge on any atom is -0.390 e. The lowest BCUT2D eigenvalue weighted by atomic mass is 10.4. The van der Waals surface area contributed by atoms with Crippen LogP contribution in [-0.2, 0) is 11.4 Å². The van der Waals surface area contributed by atoms with Crippen LogP contribution in [0.5, 0.6) is 0 Å². The third-order valence-corrected chi connectivity index (χ3v) is 3.32. The van der Waals surface area contributed by atoms with Crippen molar-refractivity contribution in [3.8, 4) is 0 Å². The molecule has 3 N–H and O–H groups in total. The monoisotopic (exact) mass is 292 g/mol. The van der Waals surface area contributed by atoms with Crippen LogP contribution in [0.25, 0.3) is 11.2 Å². The molecule has 20 heavy (non-hydrogen) atoms. The van der Waals surface area contributed by atoms with Crippen molar-refractivity contribution in [3.05, 3.63) is 11.9 Å². The Morgan fingerprint density at radius 2 is 2.25 bits per heavy atom. The first kappa shape index (κ1) is 13.0. The zero-order valence-electron chi connectivity index (χ0n) is 10.4. The number of aliphatic hydroxyl groups is 1. The highest BCUT2D eigenvalue weighted by Crippen LogP contribution is 2.27. The van der Waals surface area contributed by atoms with Gasteiger partial charge < -0.3 is 10.8 Å². The zero-order chi connectivity index (χ0) is 14.3. The Labute approximate surface area is 119 Å². The lowest BCUT2D eigenvalue weighted by molar-refractivity contribution is -0.117. The standard InChI is InChI=1S/C11H12N6O2S/c12-11-15-9-8(14-5(4-18)2-13-9)10(16-11)17-3-6(20)1-7(17)19/h2,6,18,20H,1,3-4H2,(H2,12,13,15,16). The summed E-state index contributed by atoms with van der Waals surface area (Å²) in [6, 6.07) is 0. The van der Waals surface area contributed by atoms with Crippen molar-refractivity contribution >= 4 is 41.5 Å². The van der Waals surface area contributed by atoms with E-state index in [2.05, 4.69) is 32.6 Å². The van der Waals surface area contributed by atoms with Gasteiger partial charge in [-0.25, -0.2) is 9.97 Å². The van der Waals surface area contributed by atoms with Crippen LogP contribution in [0.3, 0.4) is 0 Å². The molecule has 0 saturated carbocycles. The van der Waals surface area contributed by atoms with Crippen LogP contribution in [-0.4, -0.2) is 42.7 Å². The second kappa shape index (κ2) is 4.84. The summed E-state index contributed by atoms with van der Waals surface area (Å²) in [5, 5.41) is 9.09. The highest BCUT2D eigenvalue weighted by Gasteiger charge is 2.31. The van der Waals surface area contributed by atoms with Gasteiger partial charge in [-0.15, -0.1) is 0 Å². The van der Waals surface area contributed by atoms with E-state index in [1.54, 1.807) is 0 Å². The van der Waals surface area contributed by atoms with Crippen LogP contribution < -0.4 is 10.6 Å². The molecule has 0 bridgehead atoms. The maximum Gasteiger partial charge on any atom is 0.229 e. The maximum absolute atomic E-state index is 12.0. The van der Waals surface area contributed by atoms with E-state index in [1.165, 1.54) is 11.1 Å². The number of anilines is 2. The summed E-state index contributed by atoms with van der Waals surface area (Å²) >= 11 is 4.31. The Hall–Kier alpha value is -2.00. The Balaban J connectivity index is 2.20. The van der Waals surface area contributed by atoms with Gasteiger partial charge in [-0.05, 0) is 0 Å². The van der Waals surface area contributed by atoms with Crippen LogP contribution in [0, 0.1) is 0 Å². The van der Waals surface area contributed by atoms with E-state index < -0.39 is 0 Å². The summed E-state index contributed by atoms with van der Waals surface area (Å²) in [4.78, 5) is 29.8. The quantitative estimate of drug-likeness (QED) is 0.640. The molecule has 0 aromatic carbocycles. The Kier molecular flexibility index (Phi) is 3.14. The highest BCUT2D eigenvalue weighted by atomic mass is 32.1. The van der Waals surface area contributed by atoms with Gasteiger partial charge in [0.2, 0.25) is 11.9 Å². The summed E-state index contributed by atoms with van der Waals surface area (Å²) in [5.74, 6) is 0.242. The van der Waals surface area contributed by atoms with E-state index in [4.69, 9.17) is 10.8 Å². The molecule has 0 spiro atoms. The fourth-order valence-corrected chi connectivity index (χ4v) is 2.42. The van der Waals surface area contributed by atoms with Gasteiger partial charge in [0.25, 0.3) is 0 Å². The smallest absolute Gasteiger partial charge is 0.229 e. The fourth-order valence-electron chi connectivity index (χ4n) is 2.10. The van der Waals surface area contributed by atoms with Crippen LogP contribution in [0.1, 0.15) is 12.1 Å². The number of thiol groups is 1. The molecule has 3 heterocycles. The van der Waals surface area contributed by atoms with Crippen molar-refractivity contribution in [2.24, 2.45) is 0 Å². The van der Waals surface area contributed by atoms with Gasteiger partial charge in [-0.3, -0.25) is 9.69 Å². The van der Waals surface area contributed by atoms with Crippen molar-refractivity contribution in [1.82, 2.24) is 19.9 Å². The van der Waals surface area contributed by atoms with Gasteiger partial charge in [-0.2, -0.15) is 22.6 Å². The molecule has 3 rings (SSSR count). The molecule has 1 amide bonds. The highest BCUT2D eigenvalue weighted by molar-refractivity contribution is 7.81. The number of carbonyl (C=O) groups is 1. The van der Waals surface area contributed by atoms with E-state index >= 15 is 0 Å². The summed E-state index contributed by atoms with van der Waals surface area (Å²) < 4.78 is 0. The van der Waals surface area contributed by atoms with Gasteiger partial charge in [0.1, 0.15) is 0 Å². The van der Waals surface area contributed by atoms with Gasteiger partial charge in [0.15, 0.2) is 17.0 Å². The number of aliphatic hydroxyl groups excluding tert-OH is 1. The van der Waals surface area contributed by atoms with Crippen molar-refractivity contribution in [3.63, 3.8) is 0 Å². The molecule has 2 aromatic heterocycles. The van der Waals surface area contributed by atoms with Gasteiger partial charge >= 0.3 is 0 Å². The number of nitrogen functional groups attached to an aromatic ring is 1. The second-order valence-corrected chi connectivity index (χ2v) is 5.19. The molecular formula is C11H12N6O2S. The van der Waals surface area contributed by atoms with E-state index in [1.807, 2.05) is 0 Å². The number of aromatic nitrogens is 4. The largest absolute Gasteiger partial charge is 0.390 e. The number of nitrogens with zero attached hydrogens (tertiary/aromatic N) is 5. The number of carbonyl (C=O) groups excluding carboxylic acids is 1. The minimum atomic E-state index is -0.254. The molecule has 1 atom stereocenters. The van der Waals surface area contributed by atoms with E-state index in [-0.39, 0.29) is 23.7 Å². The summed E-state index contributed by atoms with van der Waals surface area (Å²) in [7, 11) is 0. The molecule has 0 radical (unpaired) electrons. The third kappa shape index (κ3) is 2.14. The van der Waals surface area contributed by atoms with Crippen molar-refractivity contribution in [2.45, 2.75) is 18.3 Å². The molecule has 1 aliphatic heterocycles. The average molecular weight is 292 g/mol. The molecule has 8 nitrogen and oxygen atoms in total. The number of hydrogen-bond donors (Lipinski definition) is 3. The maximum atomic E-state index is 12.0. The van der Waals surface area contributed by atoms with Crippen LogP contribution in [0.15, 0.2) is 6.20 Å². The third-order valence-electron chi connectivity index (χ3n) is 2.98. The second-order valence-electron chi connectivity index (χ2n) is 4.46. The summed E-state index contributed by atoms with van der Waals surface area (Å²) in [6.45, 7) is 0.175. The normalized spacial score (nSPS) is 19.0. The van der Waals surface area contributed by atoms with Crippen molar-refractivity contribution in [2.75, 3.05) is 17.2 Å². The zero-order valence-corrected chi connectivity index (χ0v) is 11.3. The number of hydrogen-bond acceptors (Lipinski definition) is 8. The molecule has 104 valence electrons. The molecule has 1 unspecified atom stereocenters. The van der Waals surface area contributed by atoms with Crippen LogP contribution in [0.2, 0.25) is 0 Å². The molecule has 2 aromatic rings. The number of rotatable bonds is 2. The first-order chi connectivity index (χ1) is 9.58. The summed E-state index contributed by atoms with van der Waals surface area (Å²) in [5.41, 5.74) is 6.66. The topological polar surface area (TPSA) is 118 Å². The molecule has 9 heteroatoms. The Bertz CT molecular complexity index is 694. The lowest BCUT2D eigenvalue weighted by Gasteiger charge is -2.16. The van der Waals surface area contributed by atoms with Crippen LogP contribution >= 0.6 is 12.6 Å². The van der Waals surface area contributed by atoms with Gasteiger partial charge in [0, 0.05) is 18.2 Å². The Morgan fingerprint density at radius 3 is 2.90 bits per heavy atom. The first-order valence-electron chi connectivity index (χ1n) is 5.97. The molecule has 0 aliphatic carbocycles. The van der Waals surface area contributed by atoms with Gasteiger partial charge in [-0.1, -0.05) is 0 Å². The number of nitrogens with two attached hydrogens (primary N) is 1. The average Bonchev–Trinajstić information content (AvgIpc) is 2.76. The SMILES string of the molecule is Nc1nc(N2CC(S)CC2=O)c2nc(CO)cnc2n1. The van der Waals surface area contributed by atoms with E-state index in [9.17, 15) is 4.79 Å². The Morgan fingerprint density at radius 1 is 1.45 bits per heavy atom. The van der Waals surface area contributed by atoms with Crippen LogP contribution in [0.4, 0.5) is 11.8 Å². The summed E-state index contributed by atoms with van der Waals surface area (Å²) in [6.07, 6.45) is 1.74. The van der Waals surface area contributed by atoms with E-state index in [0.29, 0.717) is 35.6 Å². The minimum absolute atomic E-state index is 0.0222. The predicted octanol–water partition coefficient (Wildman–Crippen LogP) is -0.471. The van der Waals surface area contributed by atoms with Crippen molar-refractivity contribution < 1.29 is 9.90 Å².